The summed E-state index contributed by atoms with van der Waals surface area (Å²) in [6, 6.07) is 63.3. The van der Waals surface area contributed by atoms with Crippen molar-refractivity contribution in [2.24, 2.45) is 0 Å². The Morgan fingerprint density at radius 1 is 0.370 bits per heavy atom. The van der Waals surface area contributed by atoms with Gasteiger partial charge in [0.25, 0.3) is 0 Å². The van der Waals surface area contributed by atoms with Crippen LogP contribution in [0.5, 0.6) is 0 Å². The third-order valence-electron chi connectivity index (χ3n) is 10.4. The standard InChI is InChI=1S/C49H30N4O/c1-3-13-31(14-4-1)32-23-25-34(26-24-32)48-50-47(33-15-5-2-6-16-33)51-49(52-48)46-41(27-28-44-45(46)38-20-10-12-22-43(38)54-44)53-40-21-11-9-19-37(40)39-29-35-17-7-8-18-36(35)30-42(39)53/h1-30H. The van der Waals surface area contributed by atoms with Gasteiger partial charge in [0.15, 0.2) is 17.5 Å². The number of nitrogens with zero attached hydrogens (tertiary/aromatic N) is 4. The van der Waals surface area contributed by atoms with E-state index < -0.39 is 0 Å². The summed E-state index contributed by atoms with van der Waals surface area (Å²) < 4.78 is 8.89. The first kappa shape index (κ1) is 30.3. The minimum atomic E-state index is 0.574. The van der Waals surface area contributed by atoms with Gasteiger partial charge in [-0.05, 0) is 58.3 Å². The van der Waals surface area contributed by atoms with Gasteiger partial charge < -0.3 is 8.98 Å². The summed E-state index contributed by atoms with van der Waals surface area (Å²) in [7, 11) is 0. The average molecular weight is 691 g/mol. The number of fused-ring (bicyclic) bond motifs is 7. The van der Waals surface area contributed by atoms with Crippen molar-refractivity contribution in [3.8, 4) is 51.0 Å². The highest BCUT2D eigenvalue weighted by Gasteiger charge is 2.24. The lowest BCUT2D eigenvalue weighted by Crippen LogP contribution is -2.04. The summed E-state index contributed by atoms with van der Waals surface area (Å²) in [5.74, 6) is 1.78. The van der Waals surface area contributed by atoms with Gasteiger partial charge in [0, 0.05) is 32.7 Å². The van der Waals surface area contributed by atoms with Crippen LogP contribution in [0, 0.1) is 0 Å². The molecule has 0 aliphatic heterocycles. The van der Waals surface area contributed by atoms with Crippen molar-refractivity contribution in [3.63, 3.8) is 0 Å². The highest BCUT2D eigenvalue weighted by molar-refractivity contribution is 6.17. The lowest BCUT2D eigenvalue weighted by atomic mass is 10.0. The summed E-state index contributed by atoms with van der Waals surface area (Å²) in [6.07, 6.45) is 0. The van der Waals surface area contributed by atoms with Crippen LogP contribution in [0.3, 0.4) is 0 Å². The highest BCUT2D eigenvalue weighted by atomic mass is 16.3. The van der Waals surface area contributed by atoms with Crippen molar-refractivity contribution in [2.45, 2.75) is 0 Å². The predicted octanol–water partition coefficient (Wildman–Crippen LogP) is 12.7. The van der Waals surface area contributed by atoms with Crippen LogP contribution in [0.2, 0.25) is 0 Å². The van der Waals surface area contributed by atoms with E-state index in [4.69, 9.17) is 19.4 Å². The van der Waals surface area contributed by atoms with Crippen molar-refractivity contribution >= 4 is 54.5 Å². The van der Waals surface area contributed by atoms with Crippen LogP contribution in [0.1, 0.15) is 0 Å². The molecule has 0 unspecified atom stereocenters. The van der Waals surface area contributed by atoms with Crippen molar-refractivity contribution in [2.75, 3.05) is 0 Å². The number of benzene rings is 8. The van der Waals surface area contributed by atoms with E-state index in [9.17, 15) is 0 Å². The van der Waals surface area contributed by atoms with Crippen LogP contribution in [0.4, 0.5) is 0 Å². The van der Waals surface area contributed by atoms with E-state index in [2.05, 4.69) is 138 Å². The van der Waals surface area contributed by atoms with E-state index in [0.717, 1.165) is 66.5 Å². The third kappa shape index (κ3) is 4.83. The van der Waals surface area contributed by atoms with Gasteiger partial charge in [0.1, 0.15) is 11.2 Å². The van der Waals surface area contributed by atoms with E-state index >= 15 is 0 Å². The summed E-state index contributed by atoms with van der Waals surface area (Å²) >= 11 is 0. The van der Waals surface area contributed by atoms with Gasteiger partial charge in [-0.2, -0.15) is 0 Å². The predicted molar refractivity (Wildman–Crippen MR) is 221 cm³/mol. The molecule has 5 nitrogen and oxygen atoms in total. The van der Waals surface area contributed by atoms with Gasteiger partial charge in [-0.15, -0.1) is 0 Å². The van der Waals surface area contributed by atoms with Crippen LogP contribution in [0.25, 0.3) is 105 Å². The van der Waals surface area contributed by atoms with E-state index in [-0.39, 0.29) is 0 Å². The number of para-hydroxylation sites is 2. The summed E-state index contributed by atoms with van der Waals surface area (Å²) in [6.45, 7) is 0. The fourth-order valence-corrected chi connectivity index (χ4v) is 7.91. The van der Waals surface area contributed by atoms with E-state index in [1.165, 1.54) is 21.5 Å². The summed E-state index contributed by atoms with van der Waals surface area (Å²) in [4.78, 5) is 15.8. The lowest BCUT2D eigenvalue weighted by Gasteiger charge is -2.16. The normalized spacial score (nSPS) is 11.7. The SMILES string of the molecule is c1ccc(-c2ccc(-c3nc(-c4ccccc4)nc(-c4c(-n5c6ccccc6c6cc7ccccc7cc65)ccc5oc6ccccc6c45)n3)cc2)cc1. The molecule has 0 spiro atoms. The second-order valence-electron chi connectivity index (χ2n) is 13.6. The van der Waals surface area contributed by atoms with Crippen LogP contribution >= 0.6 is 0 Å². The molecule has 5 heteroatoms. The Morgan fingerprint density at radius 3 is 1.69 bits per heavy atom. The van der Waals surface area contributed by atoms with Crippen LogP contribution < -0.4 is 0 Å². The van der Waals surface area contributed by atoms with Crippen LogP contribution in [0.15, 0.2) is 186 Å². The highest BCUT2D eigenvalue weighted by Crippen LogP contribution is 2.43. The summed E-state index contributed by atoms with van der Waals surface area (Å²) in [5.41, 5.74) is 9.76. The van der Waals surface area contributed by atoms with Gasteiger partial charge in [0.05, 0.1) is 22.3 Å². The third-order valence-corrected chi connectivity index (χ3v) is 10.4. The van der Waals surface area contributed by atoms with Crippen LogP contribution in [-0.2, 0) is 0 Å². The molecule has 252 valence electrons. The molecule has 0 radical (unpaired) electrons. The molecule has 0 aliphatic carbocycles. The zero-order valence-electron chi connectivity index (χ0n) is 29.0. The molecule has 0 bridgehead atoms. The molecule has 0 aliphatic rings. The Kier molecular flexibility index (Phi) is 6.79. The topological polar surface area (TPSA) is 56.7 Å². The van der Waals surface area contributed by atoms with E-state index in [1.807, 2.05) is 48.5 Å². The van der Waals surface area contributed by atoms with Crippen molar-refractivity contribution in [1.29, 1.82) is 0 Å². The van der Waals surface area contributed by atoms with Gasteiger partial charge in [-0.25, -0.2) is 15.0 Å². The first-order chi connectivity index (χ1) is 26.8. The van der Waals surface area contributed by atoms with E-state index in [0.29, 0.717) is 17.5 Å². The number of aromatic nitrogens is 4. The van der Waals surface area contributed by atoms with E-state index in [1.54, 1.807) is 0 Å². The molecule has 0 saturated heterocycles. The molecule has 0 atom stereocenters. The zero-order valence-corrected chi connectivity index (χ0v) is 29.0. The van der Waals surface area contributed by atoms with Crippen LogP contribution in [-0.4, -0.2) is 19.5 Å². The maximum Gasteiger partial charge on any atom is 0.166 e. The zero-order chi connectivity index (χ0) is 35.6. The Bertz CT molecular complexity index is 3200. The molecule has 11 aromatic rings. The van der Waals surface area contributed by atoms with Gasteiger partial charge in [0.2, 0.25) is 0 Å². The molecule has 0 N–H and O–H groups in total. The van der Waals surface area contributed by atoms with Crippen molar-refractivity contribution in [3.05, 3.63) is 182 Å². The molecule has 11 rings (SSSR count). The Labute approximate surface area is 310 Å². The lowest BCUT2D eigenvalue weighted by molar-refractivity contribution is 0.669. The molecule has 8 aromatic carbocycles. The van der Waals surface area contributed by atoms with Gasteiger partial charge in [-0.1, -0.05) is 146 Å². The minimum absolute atomic E-state index is 0.574. The molecular weight excluding hydrogens is 661 g/mol. The fourth-order valence-electron chi connectivity index (χ4n) is 7.91. The second-order valence-corrected chi connectivity index (χ2v) is 13.6. The molecule has 3 aromatic heterocycles. The number of furan rings is 1. The molecule has 0 amide bonds. The Morgan fingerprint density at radius 2 is 0.926 bits per heavy atom. The Hall–Kier alpha value is -7.37. The van der Waals surface area contributed by atoms with Crippen molar-refractivity contribution < 1.29 is 4.42 Å². The maximum atomic E-state index is 6.52. The molecular formula is C49H30N4O. The molecule has 0 saturated carbocycles. The minimum Gasteiger partial charge on any atom is -0.456 e. The fraction of sp³-hybridized carbons (Fsp3) is 0. The average Bonchev–Trinajstić information content (AvgIpc) is 3.78. The quantitative estimate of drug-likeness (QED) is 0.180. The number of hydrogen-bond acceptors (Lipinski definition) is 4. The smallest absolute Gasteiger partial charge is 0.166 e. The second kappa shape index (κ2) is 12.1. The maximum absolute atomic E-state index is 6.52. The molecule has 54 heavy (non-hydrogen) atoms. The monoisotopic (exact) mass is 690 g/mol. The van der Waals surface area contributed by atoms with Gasteiger partial charge in [-0.3, -0.25) is 0 Å². The Balaban J connectivity index is 1.24. The largest absolute Gasteiger partial charge is 0.456 e. The molecule has 0 fully saturated rings. The van der Waals surface area contributed by atoms with Gasteiger partial charge >= 0.3 is 0 Å². The number of rotatable bonds is 5. The first-order valence-electron chi connectivity index (χ1n) is 18.1. The van der Waals surface area contributed by atoms with Crippen molar-refractivity contribution in [1.82, 2.24) is 19.5 Å². The molecule has 3 heterocycles. The summed E-state index contributed by atoms with van der Waals surface area (Å²) in [5, 5.41) is 6.72. The first-order valence-corrected chi connectivity index (χ1v) is 18.1. The number of hydrogen-bond donors (Lipinski definition) is 0.